The normalized spacial score (nSPS) is 15.6. The summed E-state index contributed by atoms with van der Waals surface area (Å²) in [4.78, 5) is 8.45. The molecule has 1 aromatic heterocycles. The van der Waals surface area contributed by atoms with E-state index in [4.69, 9.17) is 0 Å². The van der Waals surface area contributed by atoms with E-state index in [1.807, 2.05) is 26.4 Å². The van der Waals surface area contributed by atoms with Crippen LogP contribution in [0.3, 0.4) is 0 Å². The van der Waals surface area contributed by atoms with Gasteiger partial charge in [-0.25, -0.2) is 4.98 Å². The van der Waals surface area contributed by atoms with E-state index in [0.717, 1.165) is 50.2 Å². The fraction of sp³-hybridized carbons (Fsp3) is 0.714. The van der Waals surface area contributed by atoms with Crippen molar-refractivity contribution in [1.29, 1.82) is 0 Å². The first-order chi connectivity index (χ1) is 9.29. The zero-order chi connectivity index (χ0) is 13.5. The quantitative estimate of drug-likeness (QED) is 0.446. The lowest BCUT2D eigenvalue weighted by molar-refractivity contribution is 0.587. The number of rotatable bonds is 7. The summed E-state index contributed by atoms with van der Waals surface area (Å²) in [6.45, 7) is 5.12. The Kier molecular flexibility index (Phi) is 5.24. The Balaban J connectivity index is 1.53. The summed E-state index contributed by atoms with van der Waals surface area (Å²) < 4.78 is 2.19. The van der Waals surface area contributed by atoms with Gasteiger partial charge in [-0.1, -0.05) is 0 Å². The van der Waals surface area contributed by atoms with E-state index in [1.165, 1.54) is 12.8 Å². The zero-order valence-electron chi connectivity index (χ0n) is 12.0. The van der Waals surface area contributed by atoms with Crippen LogP contribution in [-0.4, -0.2) is 35.6 Å². The highest BCUT2D eigenvalue weighted by molar-refractivity contribution is 5.79. The Bertz CT molecular complexity index is 406. The van der Waals surface area contributed by atoms with Gasteiger partial charge in [-0.3, -0.25) is 4.99 Å². The summed E-state index contributed by atoms with van der Waals surface area (Å²) in [5.41, 5.74) is 0. The van der Waals surface area contributed by atoms with Crippen molar-refractivity contribution < 1.29 is 0 Å². The average Bonchev–Trinajstić information content (AvgIpc) is 3.16. The molecule has 1 aliphatic rings. The van der Waals surface area contributed by atoms with Gasteiger partial charge in [-0.15, -0.1) is 0 Å². The predicted octanol–water partition coefficient (Wildman–Crippen LogP) is 1.55. The molecule has 1 fully saturated rings. The molecule has 5 heteroatoms. The van der Waals surface area contributed by atoms with E-state index in [1.54, 1.807) is 0 Å². The lowest BCUT2D eigenvalue weighted by Crippen LogP contribution is -2.38. The van der Waals surface area contributed by atoms with Gasteiger partial charge in [0, 0.05) is 39.1 Å². The van der Waals surface area contributed by atoms with Crippen LogP contribution < -0.4 is 10.6 Å². The Labute approximate surface area is 115 Å². The van der Waals surface area contributed by atoms with Gasteiger partial charge in [0.1, 0.15) is 5.82 Å². The number of nitrogens with one attached hydrogen (secondary N) is 2. The number of nitrogens with zero attached hydrogens (tertiary/aromatic N) is 3. The van der Waals surface area contributed by atoms with Crippen molar-refractivity contribution in [3.05, 3.63) is 18.2 Å². The highest BCUT2D eigenvalue weighted by Gasteiger charge is 2.20. The van der Waals surface area contributed by atoms with Gasteiger partial charge in [0.2, 0.25) is 0 Å². The largest absolute Gasteiger partial charge is 0.356 e. The summed E-state index contributed by atoms with van der Waals surface area (Å²) in [5, 5.41) is 6.73. The van der Waals surface area contributed by atoms with Gasteiger partial charge in [0.25, 0.3) is 0 Å². The number of aryl methyl sites for hydroxylation is 2. The second kappa shape index (κ2) is 7.16. The molecule has 0 radical (unpaired) electrons. The van der Waals surface area contributed by atoms with Crippen LogP contribution in [0, 0.1) is 12.8 Å². The van der Waals surface area contributed by atoms with E-state index >= 15 is 0 Å². The predicted molar refractivity (Wildman–Crippen MR) is 78.3 cm³/mol. The molecule has 106 valence electrons. The van der Waals surface area contributed by atoms with Crippen LogP contribution in [0.4, 0.5) is 0 Å². The summed E-state index contributed by atoms with van der Waals surface area (Å²) in [6.07, 6.45) is 8.93. The minimum Gasteiger partial charge on any atom is -0.356 e. The Morgan fingerprint density at radius 2 is 2.26 bits per heavy atom. The van der Waals surface area contributed by atoms with Crippen molar-refractivity contribution in [3.8, 4) is 0 Å². The van der Waals surface area contributed by atoms with Crippen molar-refractivity contribution in [1.82, 2.24) is 20.2 Å². The lowest BCUT2D eigenvalue weighted by Gasteiger charge is -2.11. The summed E-state index contributed by atoms with van der Waals surface area (Å²) in [6, 6.07) is 0. The minimum atomic E-state index is 0.878. The first-order valence-corrected chi connectivity index (χ1v) is 7.22. The zero-order valence-corrected chi connectivity index (χ0v) is 12.0. The lowest BCUT2D eigenvalue weighted by atomic mass is 10.3. The van der Waals surface area contributed by atoms with Gasteiger partial charge in [-0.2, -0.15) is 0 Å². The number of aliphatic imine (C=N–C) groups is 1. The SMILES string of the molecule is CN=C(NCCCCn1ccnc1C)NCC1CC1. The number of aromatic nitrogens is 2. The molecule has 0 saturated heterocycles. The molecule has 0 bridgehead atoms. The van der Waals surface area contributed by atoms with Gasteiger partial charge in [-0.05, 0) is 38.5 Å². The van der Waals surface area contributed by atoms with Gasteiger partial charge < -0.3 is 15.2 Å². The van der Waals surface area contributed by atoms with E-state index in [-0.39, 0.29) is 0 Å². The summed E-state index contributed by atoms with van der Waals surface area (Å²) >= 11 is 0. The third-order valence-electron chi connectivity index (χ3n) is 3.52. The van der Waals surface area contributed by atoms with Crippen molar-refractivity contribution in [2.45, 2.75) is 39.2 Å². The highest BCUT2D eigenvalue weighted by Crippen LogP contribution is 2.27. The molecule has 0 spiro atoms. The smallest absolute Gasteiger partial charge is 0.190 e. The monoisotopic (exact) mass is 263 g/mol. The number of imidazole rings is 1. The molecule has 1 heterocycles. The Morgan fingerprint density at radius 3 is 2.89 bits per heavy atom. The third kappa shape index (κ3) is 4.93. The van der Waals surface area contributed by atoms with Gasteiger partial charge in [0.05, 0.1) is 0 Å². The second-order valence-electron chi connectivity index (χ2n) is 5.20. The van der Waals surface area contributed by atoms with Crippen LogP contribution in [0.5, 0.6) is 0 Å². The van der Waals surface area contributed by atoms with Gasteiger partial charge in [0.15, 0.2) is 5.96 Å². The van der Waals surface area contributed by atoms with Crippen molar-refractivity contribution >= 4 is 5.96 Å². The summed E-state index contributed by atoms with van der Waals surface area (Å²) in [7, 11) is 1.83. The Hall–Kier alpha value is -1.52. The standard InChI is InChI=1S/C14H25N5/c1-12-16-8-10-19(12)9-4-3-7-17-14(15-2)18-11-13-5-6-13/h8,10,13H,3-7,9,11H2,1-2H3,(H2,15,17,18). The molecule has 0 unspecified atom stereocenters. The van der Waals surface area contributed by atoms with Crippen molar-refractivity contribution in [2.24, 2.45) is 10.9 Å². The molecular formula is C14H25N5. The maximum absolute atomic E-state index is 4.23. The first kappa shape index (κ1) is 13.9. The molecule has 0 amide bonds. The van der Waals surface area contributed by atoms with E-state index in [0.29, 0.717) is 0 Å². The molecule has 1 aromatic rings. The van der Waals surface area contributed by atoms with E-state index < -0.39 is 0 Å². The van der Waals surface area contributed by atoms with Crippen LogP contribution in [0.1, 0.15) is 31.5 Å². The molecule has 19 heavy (non-hydrogen) atoms. The number of guanidine groups is 1. The van der Waals surface area contributed by atoms with Crippen molar-refractivity contribution in [2.75, 3.05) is 20.1 Å². The Morgan fingerprint density at radius 1 is 1.42 bits per heavy atom. The molecule has 0 aliphatic heterocycles. The number of hydrogen-bond acceptors (Lipinski definition) is 2. The fourth-order valence-corrected chi connectivity index (χ4v) is 2.04. The summed E-state index contributed by atoms with van der Waals surface area (Å²) in [5.74, 6) is 2.91. The van der Waals surface area contributed by atoms with E-state index in [9.17, 15) is 0 Å². The average molecular weight is 263 g/mol. The highest BCUT2D eigenvalue weighted by atomic mass is 15.2. The maximum Gasteiger partial charge on any atom is 0.190 e. The molecule has 1 saturated carbocycles. The first-order valence-electron chi connectivity index (χ1n) is 7.22. The third-order valence-corrected chi connectivity index (χ3v) is 3.52. The fourth-order valence-electron chi connectivity index (χ4n) is 2.04. The maximum atomic E-state index is 4.23. The molecule has 1 aliphatic carbocycles. The van der Waals surface area contributed by atoms with Crippen LogP contribution in [0.2, 0.25) is 0 Å². The second-order valence-corrected chi connectivity index (χ2v) is 5.20. The molecule has 2 N–H and O–H groups in total. The number of hydrogen-bond donors (Lipinski definition) is 2. The molecular weight excluding hydrogens is 238 g/mol. The molecule has 0 atom stereocenters. The topological polar surface area (TPSA) is 54.2 Å². The molecule has 5 nitrogen and oxygen atoms in total. The van der Waals surface area contributed by atoms with Crippen LogP contribution in [-0.2, 0) is 6.54 Å². The van der Waals surface area contributed by atoms with Gasteiger partial charge >= 0.3 is 0 Å². The molecule has 2 rings (SSSR count). The van der Waals surface area contributed by atoms with Crippen molar-refractivity contribution in [3.63, 3.8) is 0 Å². The minimum absolute atomic E-state index is 0.878. The van der Waals surface area contributed by atoms with Crippen LogP contribution in [0.15, 0.2) is 17.4 Å². The number of unbranched alkanes of at least 4 members (excludes halogenated alkanes) is 1. The van der Waals surface area contributed by atoms with Crippen LogP contribution >= 0.6 is 0 Å². The van der Waals surface area contributed by atoms with E-state index in [2.05, 4.69) is 25.2 Å². The molecule has 0 aromatic carbocycles. The van der Waals surface area contributed by atoms with Crippen LogP contribution in [0.25, 0.3) is 0 Å².